The molecule has 0 saturated carbocycles. The summed E-state index contributed by atoms with van der Waals surface area (Å²) in [7, 11) is 2.20. The molecule has 21 heavy (non-hydrogen) atoms. The Kier molecular flexibility index (Phi) is 5.46. The van der Waals surface area contributed by atoms with Crippen molar-refractivity contribution in [1.29, 1.82) is 0 Å². The Morgan fingerprint density at radius 2 is 2.10 bits per heavy atom. The molecule has 2 aliphatic heterocycles. The number of piperazine rings is 1. The van der Waals surface area contributed by atoms with Gasteiger partial charge in [0.25, 0.3) is 0 Å². The van der Waals surface area contributed by atoms with Crippen molar-refractivity contribution in [2.75, 3.05) is 59.5 Å². The molecule has 2 N–H and O–H groups in total. The molecule has 0 aromatic rings. The standard InChI is InChI=1S/C15H31N5O/c1-13-11-20(9-10-21-13)14(16)17-5-6-19-8-7-18(4)15(2,3)12-19/h13H,5-12H2,1-4H3,(H2,16,17). The number of rotatable bonds is 3. The van der Waals surface area contributed by atoms with Crippen LogP contribution in [0.25, 0.3) is 0 Å². The number of likely N-dealkylation sites (N-methyl/N-ethyl adjacent to an activating group) is 1. The summed E-state index contributed by atoms with van der Waals surface area (Å²) in [6.07, 6.45) is 0.242. The first-order valence-corrected chi connectivity index (χ1v) is 7.98. The number of nitrogens with two attached hydrogens (primary N) is 1. The molecule has 2 saturated heterocycles. The van der Waals surface area contributed by atoms with Crippen LogP contribution in [0.4, 0.5) is 0 Å². The molecule has 2 rings (SSSR count). The second-order valence-electron chi connectivity index (χ2n) is 6.88. The Balaban J connectivity index is 1.76. The van der Waals surface area contributed by atoms with Gasteiger partial charge < -0.3 is 15.4 Å². The van der Waals surface area contributed by atoms with E-state index >= 15 is 0 Å². The van der Waals surface area contributed by atoms with Gasteiger partial charge >= 0.3 is 0 Å². The summed E-state index contributed by atoms with van der Waals surface area (Å²) in [5.41, 5.74) is 6.34. The van der Waals surface area contributed by atoms with Crippen LogP contribution in [0.2, 0.25) is 0 Å². The van der Waals surface area contributed by atoms with Crippen LogP contribution in [0.3, 0.4) is 0 Å². The van der Waals surface area contributed by atoms with E-state index in [1.54, 1.807) is 0 Å². The molecule has 1 atom stereocenters. The lowest BCUT2D eigenvalue weighted by Gasteiger charge is -2.45. The van der Waals surface area contributed by atoms with E-state index in [9.17, 15) is 0 Å². The lowest BCUT2D eigenvalue weighted by Crippen LogP contribution is -2.57. The van der Waals surface area contributed by atoms with Crippen molar-refractivity contribution >= 4 is 5.96 Å². The van der Waals surface area contributed by atoms with Crippen molar-refractivity contribution in [3.05, 3.63) is 0 Å². The van der Waals surface area contributed by atoms with Crippen LogP contribution >= 0.6 is 0 Å². The van der Waals surface area contributed by atoms with E-state index in [0.29, 0.717) is 5.96 Å². The number of hydrogen-bond donors (Lipinski definition) is 1. The Labute approximate surface area is 128 Å². The third-order valence-electron chi connectivity index (χ3n) is 4.65. The average molecular weight is 297 g/mol. The molecule has 0 spiro atoms. The summed E-state index contributed by atoms with van der Waals surface area (Å²) in [5, 5.41) is 0. The van der Waals surface area contributed by atoms with Crippen molar-refractivity contribution in [3.8, 4) is 0 Å². The summed E-state index contributed by atoms with van der Waals surface area (Å²) in [5.74, 6) is 0.665. The molecule has 1 unspecified atom stereocenters. The normalized spacial score (nSPS) is 28.9. The minimum Gasteiger partial charge on any atom is -0.375 e. The molecule has 6 nitrogen and oxygen atoms in total. The molecule has 0 aromatic heterocycles. The first-order valence-electron chi connectivity index (χ1n) is 7.98. The van der Waals surface area contributed by atoms with Gasteiger partial charge in [0.2, 0.25) is 0 Å². The maximum Gasteiger partial charge on any atom is 0.191 e. The van der Waals surface area contributed by atoms with Crippen LogP contribution in [-0.4, -0.2) is 91.8 Å². The van der Waals surface area contributed by atoms with Crippen LogP contribution in [0.5, 0.6) is 0 Å². The molecule has 0 radical (unpaired) electrons. The fourth-order valence-electron chi connectivity index (χ4n) is 2.96. The van der Waals surface area contributed by atoms with Crippen LogP contribution < -0.4 is 5.73 Å². The molecule has 2 fully saturated rings. The van der Waals surface area contributed by atoms with Gasteiger partial charge in [0.15, 0.2) is 5.96 Å². The number of nitrogens with zero attached hydrogens (tertiary/aromatic N) is 4. The Morgan fingerprint density at radius 1 is 1.33 bits per heavy atom. The van der Waals surface area contributed by atoms with Gasteiger partial charge in [0, 0.05) is 44.8 Å². The largest absolute Gasteiger partial charge is 0.375 e. The van der Waals surface area contributed by atoms with E-state index in [-0.39, 0.29) is 11.6 Å². The van der Waals surface area contributed by atoms with E-state index in [0.717, 1.165) is 52.4 Å². The van der Waals surface area contributed by atoms with Gasteiger partial charge in [0.05, 0.1) is 19.3 Å². The highest BCUT2D eigenvalue weighted by Gasteiger charge is 2.30. The van der Waals surface area contributed by atoms with E-state index in [4.69, 9.17) is 10.5 Å². The third-order valence-corrected chi connectivity index (χ3v) is 4.65. The maximum absolute atomic E-state index is 6.10. The van der Waals surface area contributed by atoms with Crippen molar-refractivity contribution in [1.82, 2.24) is 14.7 Å². The smallest absolute Gasteiger partial charge is 0.191 e. The van der Waals surface area contributed by atoms with Gasteiger partial charge in [-0.2, -0.15) is 0 Å². The first kappa shape index (κ1) is 16.5. The summed E-state index contributed by atoms with van der Waals surface area (Å²) < 4.78 is 5.53. The van der Waals surface area contributed by atoms with Gasteiger partial charge in [0.1, 0.15) is 0 Å². The number of morpholine rings is 1. The Hall–Kier alpha value is -0.850. The quantitative estimate of drug-likeness (QED) is 0.589. The van der Waals surface area contributed by atoms with Gasteiger partial charge in [-0.05, 0) is 27.8 Å². The third kappa shape index (κ3) is 4.56. The SMILES string of the molecule is CC1CN(C(N)=NCCN2CCN(C)C(C)(C)C2)CCO1. The van der Waals surface area contributed by atoms with E-state index in [1.165, 1.54) is 0 Å². The van der Waals surface area contributed by atoms with Crippen molar-refractivity contribution in [2.45, 2.75) is 32.4 Å². The molecule has 0 amide bonds. The minimum atomic E-state index is 0.242. The zero-order chi connectivity index (χ0) is 15.5. The van der Waals surface area contributed by atoms with Crippen LogP contribution in [0.1, 0.15) is 20.8 Å². The van der Waals surface area contributed by atoms with Crippen molar-refractivity contribution in [2.24, 2.45) is 10.7 Å². The summed E-state index contributed by atoms with van der Waals surface area (Å²) in [6.45, 7) is 14.2. The zero-order valence-electron chi connectivity index (χ0n) is 14.0. The fourth-order valence-corrected chi connectivity index (χ4v) is 2.96. The van der Waals surface area contributed by atoms with Gasteiger partial charge in [-0.15, -0.1) is 0 Å². The van der Waals surface area contributed by atoms with Crippen molar-refractivity contribution in [3.63, 3.8) is 0 Å². The highest BCUT2D eigenvalue weighted by atomic mass is 16.5. The van der Waals surface area contributed by atoms with Crippen LogP contribution in [0.15, 0.2) is 4.99 Å². The topological polar surface area (TPSA) is 57.3 Å². The predicted molar refractivity (Wildman–Crippen MR) is 86.6 cm³/mol. The lowest BCUT2D eigenvalue weighted by atomic mass is 10.00. The summed E-state index contributed by atoms with van der Waals surface area (Å²) in [6, 6.07) is 0. The number of aliphatic imine (C=N–C) groups is 1. The van der Waals surface area contributed by atoms with Gasteiger partial charge in [-0.25, -0.2) is 0 Å². The Morgan fingerprint density at radius 3 is 2.76 bits per heavy atom. The molecular weight excluding hydrogens is 266 g/mol. The van der Waals surface area contributed by atoms with Crippen LogP contribution in [-0.2, 0) is 4.74 Å². The molecule has 0 aromatic carbocycles. The van der Waals surface area contributed by atoms with E-state index < -0.39 is 0 Å². The minimum absolute atomic E-state index is 0.242. The average Bonchev–Trinajstić information content (AvgIpc) is 2.42. The highest BCUT2D eigenvalue weighted by Crippen LogP contribution is 2.18. The fraction of sp³-hybridized carbons (Fsp3) is 0.933. The molecule has 0 aliphatic carbocycles. The van der Waals surface area contributed by atoms with Crippen LogP contribution in [0, 0.1) is 0 Å². The second kappa shape index (κ2) is 6.94. The molecule has 122 valence electrons. The number of hydrogen-bond acceptors (Lipinski definition) is 4. The number of guanidine groups is 1. The molecule has 6 heteroatoms. The molecule has 2 heterocycles. The molecule has 2 aliphatic rings. The maximum atomic E-state index is 6.10. The number of ether oxygens (including phenoxy) is 1. The second-order valence-corrected chi connectivity index (χ2v) is 6.88. The monoisotopic (exact) mass is 297 g/mol. The highest BCUT2D eigenvalue weighted by molar-refractivity contribution is 5.78. The summed E-state index contributed by atoms with van der Waals surface area (Å²) in [4.78, 5) is 11.6. The lowest BCUT2D eigenvalue weighted by molar-refractivity contribution is 0.00522. The molecular formula is C15H31N5O. The van der Waals surface area contributed by atoms with Gasteiger partial charge in [-0.3, -0.25) is 14.8 Å². The zero-order valence-corrected chi connectivity index (χ0v) is 14.0. The Bertz CT molecular complexity index is 371. The molecule has 0 bridgehead atoms. The predicted octanol–water partition coefficient (Wildman–Crippen LogP) is 0.0478. The first-order chi connectivity index (χ1) is 9.88. The van der Waals surface area contributed by atoms with Gasteiger partial charge in [-0.1, -0.05) is 0 Å². The van der Waals surface area contributed by atoms with Crippen molar-refractivity contribution < 1.29 is 4.74 Å². The van der Waals surface area contributed by atoms with E-state index in [2.05, 4.69) is 47.5 Å². The summed E-state index contributed by atoms with van der Waals surface area (Å²) >= 11 is 0. The van der Waals surface area contributed by atoms with E-state index in [1.807, 2.05) is 0 Å².